The normalized spacial score (nSPS) is 10.6. The summed E-state index contributed by atoms with van der Waals surface area (Å²) in [5, 5.41) is 3.17. The van der Waals surface area contributed by atoms with Gasteiger partial charge in [0.25, 0.3) is 0 Å². The maximum absolute atomic E-state index is 5.94. The van der Waals surface area contributed by atoms with E-state index in [1.54, 1.807) is 7.11 Å². The summed E-state index contributed by atoms with van der Waals surface area (Å²) in [6, 6.07) is 6.02. The molecule has 0 radical (unpaired) electrons. The van der Waals surface area contributed by atoms with E-state index in [0.717, 1.165) is 31.1 Å². The van der Waals surface area contributed by atoms with Crippen molar-refractivity contribution in [2.45, 2.75) is 58.4 Å². The molecule has 0 saturated heterocycles. The van der Waals surface area contributed by atoms with E-state index in [1.807, 2.05) is 19.2 Å². The van der Waals surface area contributed by atoms with Crippen molar-refractivity contribution >= 4 is 0 Å². The second-order valence-electron chi connectivity index (χ2n) is 5.47. The Morgan fingerprint density at radius 3 is 2.38 bits per heavy atom. The van der Waals surface area contributed by atoms with Gasteiger partial charge in [0, 0.05) is 18.2 Å². The Hall–Kier alpha value is -1.22. The lowest BCUT2D eigenvalue weighted by Gasteiger charge is -2.13. The van der Waals surface area contributed by atoms with Crippen LogP contribution < -0.4 is 14.8 Å². The minimum absolute atomic E-state index is 0.789. The second-order valence-corrected chi connectivity index (χ2v) is 5.47. The molecule has 1 aromatic rings. The summed E-state index contributed by atoms with van der Waals surface area (Å²) in [6.07, 6.45) is 9.13. The van der Waals surface area contributed by atoms with Crippen LogP contribution in [0.3, 0.4) is 0 Å². The van der Waals surface area contributed by atoms with Crippen LogP contribution in [-0.2, 0) is 6.54 Å². The molecule has 3 nitrogen and oxygen atoms in total. The van der Waals surface area contributed by atoms with Crippen molar-refractivity contribution in [3.8, 4) is 11.5 Å². The van der Waals surface area contributed by atoms with Crippen LogP contribution in [-0.4, -0.2) is 20.8 Å². The predicted molar refractivity (Wildman–Crippen MR) is 89.2 cm³/mol. The van der Waals surface area contributed by atoms with Gasteiger partial charge in [-0.05, 0) is 19.5 Å². The third kappa shape index (κ3) is 7.37. The third-order valence-electron chi connectivity index (χ3n) is 3.65. The first-order valence-electron chi connectivity index (χ1n) is 8.26. The van der Waals surface area contributed by atoms with Gasteiger partial charge in [-0.25, -0.2) is 0 Å². The van der Waals surface area contributed by atoms with E-state index in [1.165, 1.54) is 44.1 Å². The summed E-state index contributed by atoms with van der Waals surface area (Å²) in [6.45, 7) is 3.86. The van der Waals surface area contributed by atoms with Gasteiger partial charge in [-0.2, -0.15) is 0 Å². The number of hydrogen-bond donors (Lipinski definition) is 1. The summed E-state index contributed by atoms with van der Waals surface area (Å²) < 4.78 is 11.2. The smallest absolute Gasteiger partial charge is 0.127 e. The molecule has 1 aromatic carbocycles. The van der Waals surface area contributed by atoms with Crippen molar-refractivity contribution < 1.29 is 9.47 Å². The van der Waals surface area contributed by atoms with E-state index in [0.29, 0.717) is 0 Å². The van der Waals surface area contributed by atoms with Crippen molar-refractivity contribution in [3.63, 3.8) is 0 Å². The quantitative estimate of drug-likeness (QED) is 0.574. The Balaban J connectivity index is 2.29. The van der Waals surface area contributed by atoms with Crippen molar-refractivity contribution in [3.05, 3.63) is 23.8 Å². The highest BCUT2D eigenvalue weighted by Crippen LogP contribution is 2.25. The number of methoxy groups -OCH3 is 1. The lowest BCUT2D eigenvalue weighted by Crippen LogP contribution is -2.08. The Morgan fingerprint density at radius 1 is 1.00 bits per heavy atom. The SMILES string of the molecule is CCCCCCCCCOc1cc(OC)ccc1CNC. The Kier molecular flexibility index (Phi) is 9.71. The van der Waals surface area contributed by atoms with Gasteiger partial charge in [0.2, 0.25) is 0 Å². The third-order valence-corrected chi connectivity index (χ3v) is 3.65. The van der Waals surface area contributed by atoms with Crippen LogP contribution >= 0.6 is 0 Å². The van der Waals surface area contributed by atoms with Crippen molar-refractivity contribution in [2.75, 3.05) is 20.8 Å². The Morgan fingerprint density at radius 2 is 1.71 bits per heavy atom. The van der Waals surface area contributed by atoms with E-state index in [-0.39, 0.29) is 0 Å². The monoisotopic (exact) mass is 293 g/mol. The lowest BCUT2D eigenvalue weighted by molar-refractivity contribution is 0.298. The highest BCUT2D eigenvalue weighted by atomic mass is 16.5. The zero-order chi connectivity index (χ0) is 15.3. The van der Waals surface area contributed by atoms with E-state index in [2.05, 4.69) is 18.3 Å². The summed E-state index contributed by atoms with van der Waals surface area (Å²) in [7, 11) is 3.64. The van der Waals surface area contributed by atoms with Crippen LogP contribution in [0.25, 0.3) is 0 Å². The molecule has 0 bridgehead atoms. The number of rotatable bonds is 12. The highest BCUT2D eigenvalue weighted by molar-refractivity contribution is 5.40. The summed E-state index contributed by atoms with van der Waals surface area (Å²) >= 11 is 0. The standard InChI is InChI=1S/C18H31NO2/c1-4-5-6-7-8-9-10-13-21-18-14-17(20-3)12-11-16(18)15-19-2/h11-12,14,19H,4-10,13,15H2,1-3H3. The molecule has 21 heavy (non-hydrogen) atoms. The Labute approximate surface area is 130 Å². The number of ether oxygens (including phenoxy) is 2. The molecule has 0 aliphatic rings. The largest absolute Gasteiger partial charge is 0.497 e. The van der Waals surface area contributed by atoms with Crippen LogP contribution in [0.4, 0.5) is 0 Å². The van der Waals surface area contributed by atoms with Crippen molar-refractivity contribution in [2.24, 2.45) is 0 Å². The van der Waals surface area contributed by atoms with Gasteiger partial charge < -0.3 is 14.8 Å². The van der Waals surface area contributed by atoms with Gasteiger partial charge in [0.1, 0.15) is 11.5 Å². The van der Waals surface area contributed by atoms with E-state index in [4.69, 9.17) is 9.47 Å². The first kappa shape index (κ1) is 17.8. The summed E-state index contributed by atoms with van der Waals surface area (Å²) in [5.74, 6) is 1.79. The summed E-state index contributed by atoms with van der Waals surface area (Å²) in [5.41, 5.74) is 1.18. The molecule has 1 rings (SSSR count). The minimum atomic E-state index is 0.789. The fraction of sp³-hybridized carbons (Fsp3) is 0.667. The molecular formula is C18H31NO2. The van der Waals surface area contributed by atoms with Crippen molar-refractivity contribution in [1.82, 2.24) is 5.32 Å². The van der Waals surface area contributed by atoms with Crippen molar-refractivity contribution in [1.29, 1.82) is 0 Å². The van der Waals surface area contributed by atoms with Gasteiger partial charge in [-0.15, -0.1) is 0 Å². The topological polar surface area (TPSA) is 30.5 Å². The highest BCUT2D eigenvalue weighted by Gasteiger charge is 2.05. The first-order chi connectivity index (χ1) is 10.3. The second kappa shape index (κ2) is 11.4. The molecule has 0 saturated carbocycles. The van der Waals surface area contributed by atoms with E-state index in [9.17, 15) is 0 Å². The average Bonchev–Trinajstić information content (AvgIpc) is 2.51. The zero-order valence-corrected chi connectivity index (χ0v) is 13.9. The molecule has 0 amide bonds. The molecule has 1 N–H and O–H groups in total. The van der Waals surface area contributed by atoms with Gasteiger partial charge >= 0.3 is 0 Å². The number of nitrogens with one attached hydrogen (secondary N) is 1. The molecule has 3 heteroatoms. The molecule has 0 fully saturated rings. The van der Waals surface area contributed by atoms with Gasteiger partial charge in [0.15, 0.2) is 0 Å². The molecule has 0 unspecified atom stereocenters. The first-order valence-corrected chi connectivity index (χ1v) is 8.26. The Bertz CT molecular complexity index is 379. The van der Waals surface area contributed by atoms with E-state index >= 15 is 0 Å². The molecule has 0 aliphatic heterocycles. The molecular weight excluding hydrogens is 262 g/mol. The van der Waals surface area contributed by atoms with Crippen LogP contribution in [0.5, 0.6) is 11.5 Å². The van der Waals surface area contributed by atoms with E-state index < -0.39 is 0 Å². The maximum Gasteiger partial charge on any atom is 0.127 e. The number of hydrogen-bond acceptors (Lipinski definition) is 3. The molecule has 0 atom stereocenters. The fourth-order valence-corrected chi connectivity index (χ4v) is 2.37. The number of unbranched alkanes of at least 4 members (excludes halogenated alkanes) is 6. The molecule has 0 aliphatic carbocycles. The molecule has 0 heterocycles. The van der Waals surface area contributed by atoms with Crippen LogP contribution in [0, 0.1) is 0 Å². The average molecular weight is 293 g/mol. The predicted octanol–water partition coefficient (Wildman–Crippen LogP) is 4.54. The minimum Gasteiger partial charge on any atom is -0.497 e. The van der Waals surface area contributed by atoms with Gasteiger partial charge in [0.05, 0.1) is 13.7 Å². The summed E-state index contributed by atoms with van der Waals surface area (Å²) in [4.78, 5) is 0. The lowest BCUT2D eigenvalue weighted by atomic mass is 10.1. The van der Waals surface area contributed by atoms with Crippen LogP contribution in [0.1, 0.15) is 57.4 Å². The molecule has 0 spiro atoms. The fourth-order valence-electron chi connectivity index (χ4n) is 2.37. The zero-order valence-electron chi connectivity index (χ0n) is 13.9. The number of benzene rings is 1. The van der Waals surface area contributed by atoms with Crippen LogP contribution in [0.2, 0.25) is 0 Å². The van der Waals surface area contributed by atoms with Gasteiger partial charge in [-0.1, -0.05) is 51.5 Å². The molecule has 0 aromatic heterocycles. The molecule has 120 valence electrons. The van der Waals surface area contributed by atoms with Gasteiger partial charge in [-0.3, -0.25) is 0 Å². The maximum atomic E-state index is 5.94. The van der Waals surface area contributed by atoms with Crippen LogP contribution in [0.15, 0.2) is 18.2 Å².